The molecule has 0 aliphatic rings. The van der Waals surface area contributed by atoms with Crippen LogP contribution in [-0.4, -0.2) is 38.6 Å². The summed E-state index contributed by atoms with van der Waals surface area (Å²) in [6.45, 7) is 1.14. The second-order valence-electron chi connectivity index (χ2n) is 2.42. The summed E-state index contributed by atoms with van der Waals surface area (Å²) in [6, 6.07) is 0. The van der Waals surface area contributed by atoms with Crippen LogP contribution in [0.5, 0.6) is 0 Å². The van der Waals surface area contributed by atoms with Crippen molar-refractivity contribution in [3.63, 3.8) is 0 Å². The second-order valence-corrected chi connectivity index (χ2v) is 6.44. The van der Waals surface area contributed by atoms with Crippen molar-refractivity contribution < 1.29 is 52.4 Å². The Hall–Kier alpha value is 0.860. The molecule has 0 fully saturated rings. The van der Waals surface area contributed by atoms with E-state index in [-0.39, 0.29) is 31.0 Å². The van der Waals surface area contributed by atoms with Crippen molar-refractivity contribution in [1.82, 2.24) is 0 Å². The van der Waals surface area contributed by atoms with Crippen LogP contribution in [0.4, 0.5) is 0 Å². The predicted molar refractivity (Wildman–Crippen MR) is 41.8 cm³/mol. The molecule has 0 aromatic heterocycles. The first-order chi connectivity index (χ1) is 4.63. The number of rotatable bonds is 3. The zero-order valence-corrected chi connectivity index (χ0v) is 10.8. The van der Waals surface area contributed by atoms with Gasteiger partial charge in [-0.25, -0.2) is 8.42 Å². The minimum Gasteiger partial charge on any atom is -1.00 e. The van der Waals surface area contributed by atoms with Gasteiger partial charge in [0.1, 0.15) is 9.84 Å². The smallest absolute Gasteiger partial charge is 1.00 e. The summed E-state index contributed by atoms with van der Waals surface area (Å²) in [7, 11) is -7.56. The van der Waals surface area contributed by atoms with E-state index in [0.717, 1.165) is 13.2 Å². The molecule has 0 radical (unpaired) electrons. The number of hydrogen-bond donors (Lipinski definition) is 1. The van der Waals surface area contributed by atoms with Crippen LogP contribution in [-0.2, 0) is 20.0 Å². The molecule has 8 heteroatoms. The minimum absolute atomic E-state index is 0. The zero-order chi connectivity index (χ0) is 9.28. The van der Waals surface area contributed by atoms with Gasteiger partial charge in [0.2, 0.25) is 0 Å². The molecule has 0 spiro atoms. The van der Waals surface area contributed by atoms with Gasteiger partial charge in [-0.15, -0.1) is 0 Å². The van der Waals surface area contributed by atoms with Gasteiger partial charge in [0.05, 0.1) is 11.0 Å². The molecular formula is C4H11NaO5S2. The van der Waals surface area contributed by atoms with E-state index >= 15 is 0 Å². The maximum absolute atomic E-state index is 10.5. The molecule has 0 saturated carbocycles. The first-order valence-electron chi connectivity index (χ1n) is 2.77. The Morgan fingerprint density at radius 1 is 1.33 bits per heavy atom. The van der Waals surface area contributed by atoms with Crippen molar-refractivity contribution in [2.45, 2.75) is 12.2 Å². The van der Waals surface area contributed by atoms with Gasteiger partial charge < -0.3 is 1.43 Å². The van der Waals surface area contributed by atoms with Crippen LogP contribution >= 0.6 is 0 Å². The Kier molecular flexibility index (Phi) is 6.29. The monoisotopic (exact) mass is 226 g/mol. The number of hydrogen-bond acceptors (Lipinski definition) is 4. The maximum atomic E-state index is 10.5. The summed E-state index contributed by atoms with van der Waals surface area (Å²) in [4.78, 5) is 0. The summed E-state index contributed by atoms with van der Waals surface area (Å²) in [6.07, 6.45) is 0.911. The molecule has 0 saturated heterocycles. The summed E-state index contributed by atoms with van der Waals surface area (Å²) in [5.74, 6) is -0.550. The van der Waals surface area contributed by atoms with E-state index in [1.807, 2.05) is 0 Å². The van der Waals surface area contributed by atoms with Crippen molar-refractivity contribution in [2.24, 2.45) is 0 Å². The van der Waals surface area contributed by atoms with Gasteiger partial charge in [-0.2, -0.15) is 8.42 Å². The van der Waals surface area contributed by atoms with Gasteiger partial charge in [0, 0.05) is 6.26 Å². The Labute approximate surface area is 96.0 Å². The zero-order valence-electron chi connectivity index (χ0n) is 8.18. The third-order valence-corrected chi connectivity index (χ3v) is 3.55. The largest absolute Gasteiger partial charge is 1.00 e. The molecule has 0 aromatic carbocycles. The van der Waals surface area contributed by atoms with Gasteiger partial charge >= 0.3 is 29.6 Å². The molecule has 0 aliphatic heterocycles. The first kappa shape index (κ1) is 15.3. The number of sulfone groups is 1. The van der Waals surface area contributed by atoms with E-state index in [0.29, 0.717) is 0 Å². The van der Waals surface area contributed by atoms with Crippen LogP contribution in [0.1, 0.15) is 8.35 Å². The summed E-state index contributed by atoms with van der Waals surface area (Å²) >= 11 is 0. The summed E-state index contributed by atoms with van der Waals surface area (Å²) in [5, 5.41) is -1.25. The topological polar surface area (TPSA) is 88.5 Å². The Morgan fingerprint density at radius 2 is 1.67 bits per heavy atom. The third kappa shape index (κ3) is 7.51. The van der Waals surface area contributed by atoms with Gasteiger partial charge in [-0.1, -0.05) is 0 Å². The van der Waals surface area contributed by atoms with Gasteiger partial charge in [0.15, 0.2) is 0 Å². The fraction of sp³-hybridized carbons (Fsp3) is 1.00. The molecule has 1 unspecified atom stereocenters. The van der Waals surface area contributed by atoms with Crippen LogP contribution < -0.4 is 29.6 Å². The Bertz CT molecular complexity index is 320. The molecule has 0 amide bonds. The fourth-order valence-corrected chi connectivity index (χ4v) is 2.79. The molecule has 5 nitrogen and oxygen atoms in total. The van der Waals surface area contributed by atoms with Crippen LogP contribution in [0, 0.1) is 0 Å². The van der Waals surface area contributed by atoms with Gasteiger partial charge in [0.25, 0.3) is 10.1 Å². The molecule has 1 N–H and O–H groups in total. The van der Waals surface area contributed by atoms with Crippen LogP contribution in [0.3, 0.4) is 0 Å². The molecule has 12 heavy (non-hydrogen) atoms. The normalized spacial score (nSPS) is 14.9. The van der Waals surface area contributed by atoms with Crippen molar-refractivity contribution in [2.75, 3.05) is 12.0 Å². The van der Waals surface area contributed by atoms with E-state index in [1.54, 1.807) is 0 Å². The molecule has 0 aliphatic carbocycles. The predicted octanol–water partition coefficient (Wildman–Crippen LogP) is -3.58. The summed E-state index contributed by atoms with van der Waals surface area (Å²) < 4.78 is 50.0. The average molecular weight is 226 g/mol. The second kappa shape index (κ2) is 4.92. The molecule has 1 atom stereocenters. The molecule has 70 valence electrons. The van der Waals surface area contributed by atoms with Crippen molar-refractivity contribution in [3.8, 4) is 0 Å². The van der Waals surface area contributed by atoms with E-state index in [4.69, 9.17) is 4.55 Å². The SMILES string of the molecule is CC(CS(C)(=O)=O)S(=O)(=O)O.[H-].[Na+]. The Balaban J connectivity index is -0.000000500. The first-order valence-corrected chi connectivity index (χ1v) is 6.33. The molecule has 0 rings (SSSR count). The maximum Gasteiger partial charge on any atom is 1.00 e. The van der Waals surface area contributed by atoms with Gasteiger partial charge in [-0.3, -0.25) is 4.55 Å². The standard InChI is InChI=1S/C4H10O5S2.Na.H/c1-4(11(7,8)9)3-10(2,5)6;;/h4H,3H2,1-2H3,(H,7,8,9);;/q;+1;-1. The molecule has 0 bridgehead atoms. The quantitative estimate of drug-likeness (QED) is 0.397. The van der Waals surface area contributed by atoms with Crippen molar-refractivity contribution >= 4 is 20.0 Å². The minimum atomic E-state index is -4.22. The molecule has 0 heterocycles. The van der Waals surface area contributed by atoms with E-state index in [2.05, 4.69) is 0 Å². The Morgan fingerprint density at radius 3 is 1.75 bits per heavy atom. The fourth-order valence-electron chi connectivity index (χ4n) is 0.512. The van der Waals surface area contributed by atoms with Crippen LogP contribution in [0.2, 0.25) is 0 Å². The average Bonchev–Trinajstić information content (AvgIpc) is 1.56. The van der Waals surface area contributed by atoms with E-state index in [1.165, 1.54) is 0 Å². The third-order valence-electron chi connectivity index (χ3n) is 1.05. The van der Waals surface area contributed by atoms with Crippen molar-refractivity contribution in [3.05, 3.63) is 0 Å². The van der Waals surface area contributed by atoms with Crippen molar-refractivity contribution in [1.29, 1.82) is 0 Å². The summed E-state index contributed by atoms with van der Waals surface area (Å²) in [5.41, 5.74) is 0. The van der Waals surface area contributed by atoms with E-state index < -0.39 is 31.0 Å². The van der Waals surface area contributed by atoms with Crippen LogP contribution in [0.15, 0.2) is 0 Å². The van der Waals surface area contributed by atoms with E-state index in [9.17, 15) is 16.8 Å². The molecular weight excluding hydrogens is 215 g/mol. The van der Waals surface area contributed by atoms with Gasteiger partial charge in [-0.05, 0) is 6.92 Å². The van der Waals surface area contributed by atoms with Crippen LogP contribution in [0.25, 0.3) is 0 Å². The molecule has 0 aromatic rings.